The lowest BCUT2D eigenvalue weighted by molar-refractivity contribution is -0.00440. The molecule has 0 spiro atoms. The average Bonchev–Trinajstić information content (AvgIpc) is 2.86. The van der Waals surface area contributed by atoms with Crippen LogP contribution in [0, 0.1) is 5.92 Å². The summed E-state index contributed by atoms with van der Waals surface area (Å²) in [5, 5.41) is 3.72. The van der Waals surface area contributed by atoms with Crippen LogP contribution < -0.4 is 5.32 Å². The molecule has 1 heterocycles. The van der Waals surface area contributed by atoms with Gasteiger partial charge in [0.1, 0.15) is 0 Å². The molecule has 106 valence electrons. The van der Waals surface area contributed by atoms with Crippen molar-refractivity contribution in [2.75, 3.05) is 20.2 Å². The summed E-state index contributed by atoms with van der Waals surface area (Å²) in [5.41, 5.74) is 0. The second kappa shape index (κ2) is 6.36. The van der Waals surface area contributed by atoms with Crippen LogP contribution in [0.3, 0.4) is 0 Å². The van der Waals surface area contributed by atoms with Crippen molar-refractivity contribution in [3.63, 3.8) is 0 Å². The summed E-state index contributed by atoms with van der Waals surface area (Å²) in [5.74, 6) is 0.766. The monoisotopic (exact) mass is 254 g/mol. The predicted octanol–water partition coefficient (Wildman–Crippen LogP) is 2.26. The van der Waals surface area contributed by atoms with Crippen molar-refractivity contribution < 1.29 is 4.74 Å². The lowest BCUT2D eigenvalue weighted by Gasteiger charge is -2.45. The highest BCUT2D eigenvalue weighted by Gasteiger charge is 2.38. The van der Waals surface area contributed by atoms with Crippen LogP contribution in [-0.2, 0) is 4.74 Å². The van der Waals surface area contributed by atoms with Gasteiger partial charge in [-0.05, 0) is 32.1 Å². The van der Waals surface area contributed by atoms with Crippen LogP contribution in [0.1, 0.15) is 46.5 Å². The summed E-state index contributed by atoms with van der Waals surface area (Å²) in [6.45, 7) is 9.34. The van der Waals surface area contributed by atoms with Crippen molar-refractivity contribution in [1.29, 1.82) is 0 Å². The van der Waals surface area contributed by atoms with Crippen molar-refractivity contribution in [2.45, 2.75) is 70.7 Å². The van der Waals surface area contributed by atoms with E-state index >= 15 is 0 Å². The molecule has 0 aromatic heterocycles. The molecule has 1 saturated carbocycles. The highest BCUT2D eigenvalue weighted by Crippen LogP contribution is 2.29. The first kappa shape index (κ1) is 14.3. The molecule has 0 aromatic rings. The van der Waals surface area contributed by atoms with E-state index in [4.69, 9.17) is 4.74 Å². The van der Waals surface area contributed by atoms with Crippen LogP contribution in [0.15, 0.2) is 0 Å². The van der Waals surface area contributed by atoms with E-state index in [0.717, 1.165) is 12.5 Å². The Hall–Kier alpha value is -0.120. The van der Waals surface area contributed by atoms with Gasteiger partial charge >= 0.3 is 0 Å². The standard InChI is InChI=1S/C15H30N2O/c1-5-11(2)13-10-17(12(3)9-16-13)14-7-6-8-15(14)18-4/h11-16H,5-10H2,1-4H3. The Morgan fingerprint density at radius 2 is 2.17 bits per heavy atom. The molecular weight excluding hydrogens is 224 g/mol. The Kier molecular flexibility index (Phi) is 5.05. The maximum absolute atomic E-state index is 5.69. The SMILES string of the molecule is CCC(C)C1CN(C2CCCC2OC)C(C)CN1. The maximum Gasteiger partial charge on any atom is 0.0726 e. The van der Waals surface area contributed by atoms with Crippen molar-refractivity contribution >= 4 is 0 Å². The van der Waals surface area contributed by atoms with Crippen molar-refractivity contribution in [2.24, 2.45) is 5.92 Å². The summed E-state index contributed by atoms with van der Waals surface area (Å²) in [7, 11) is 1.88. The number of hydrogen-bond acceptors (Lipinski definition) is 3. The fourth-order valence-electron chi connectivity index (χ4n) is 3.60. The summed E-state index contributed by atoms with van der Waals surface area (Å²) in [4.78, 5) is 2.72. The van der Waals surface area contributed by atoms with E-state index in [0.29, 0.717) is 24.2 Å². The summed E-state index contributed by atoms with van der Waals surface area (Å²) >= 11 is 0. The van der Waals surface area contributed by atoms with Gasteiger partial charge in [-0.1, -0.05) is 20.3 Å². The van der Waals surface area contributed by atoms with Gasteiger partial charge in [0.05, 0.1) is 6.10 Å². The third kappa shape index (κ3) is 2.89. The molecule has 2 aliphatic rings. The second-order valence-corrected chi connectivity index (χ2v) is 6.22. The minimum Gasteiger partial charge on any atom is -0.380 e. The van der Waals surface area contributed by atoms with E-state index < -0.39 is 0 Å². The number of nitrogens with zero attached hydrogens (tertiary/aromatic N) is 1. The highest BCUT2D eigenvalue weighted by atomic mass is 16.5. The molecule has 18 heavy (non-hydrogen) atoms. The predicted molar refractivity (Wildman–Crippen MR) is 75.8 cm³/mol. The number of rotatable bonds is 4. The molecule has 0 radical (unpaired) electrons. The van der Waals surface area contributed by atoms with Gasteiger partial charge in [0.25, 0.3) is 0 Å². The minimum atomic E-state index is 0.461. The first-order chi connectivity index (χ1) is 8.67. The van der Waals surface area contributed by atoms with Crippen molar-refractivity contribution in [3.8, 4) is 0 Å². The average molecular weight is 254 g/mol. The molecule has 2 fully saturated rings. The van der Waals surface area contributed by atoms with Gasteiger partial charge in [0, 0.05) is 38.3 Å². The van der Waals surface area contributed by atoms with E-state index in [1.165, 1.54) is 32.2 Å². The van der Waals surface area contributed by atoms with Crippen LogP contribution in [0.4, 0.5) is 0 Å². The Bertz CT molecular complexity index is 259. The Morgan fingerprint density at radius 3 is 2.83 bits per heavy atom. The zero-order valence-electron chi connectivity index (χ0n) is 12.5. The first-order valence-corrected chi connectivity index (χ1v) is 7.69. The Balaban J connectivity index is 2.00. The van der Waals surface area contributed by atoms with Gasteiger partial charge in [-0.3, -0.25) is 4.90 Å². The van der Waals surface area contributed by atoms with E-state index in [1.807, 2.05) is 7.11 Å². The topological polar surface area (TPSA) is 24.5 Å². The van der Waals surface area contributed by atoms with Gasteiger partial charge < -0.3 is 10.1 Å². The highest BCUT2D eigenvalue weighted by molar-refractivity contribution is 4.94. The third-order valence-electron chi connectivity index (χ3n) is 5.13. The fraction of sp³-hybridized carbons (Fsp3) is 1.00. The van der Waals surface area contributed by atoms with Crippen LogP contribution in [0.2, 0.25) is 0 Å². The zero-order chi connectivity index (χ0) is 13.1. The van der Waals surface area contributed by atoms with Crippen molar-refractivity contribution in [1.82, 2.24) is 10.2 Å². The summed E-state index contributed by atoms with van der Waals surface area (Å²) in [6, 6.07) is 1.95. The van der Waals surface area contributed by atoms with Crippen LogP contribution in [0.25, 0.3) is 0 Å². The first-order valence-electron chi connectivity index (χ1n) is 7.69. The van der Waals surface area contributed by atoms with E-state index in [-0.39, 0.29) is 0 Å². The van der Waals surface area contributed by atoms with E-state index in [9.17, 15) is 0 Å². The zero-order valence-corrected chi connectivity index (χ0v) is 12.5. The van der Waals surface area contributed by atoms with Crippen LogP contribution in [0.5, 0.6) is 0 Å². The number of nitrogens with one attached hydrogen (secondary N) is 1. The molecule has 1 N–H and O–H groups in total. The Morgan fingerprint density at radius 1 is 1.39 bits per heavy atom. The largest absolute Gasteiger partial charge is 0.380 e. The van der Waals surface area contributed by atoms with Gasteiger partial charge in [-0.15, -0.1) is 0 Å². The van der Waals surface area contributed by atoms with Gasteiger partial charge in [0.15, 0.2) is 0 Å². The summed E-state index contributed by atoms with van der Waals surface area (Å²) in [6.07, 6.45) is 5.61. The van der Waals surface area contributed by atoms with E-state index in [1.54, 1.807) is 0 Å². The molecule has 1 aliphatic carbocycles. The minimum absolute atomic E-state index is 0.461. The molecule has 0 aromatic carbocycles. The molecule has 1 aliphatic heterocycles. The van der Waals surface area contributed by atoms with Gasteiger partial charge in [0.2, 0.25) is 0 Å². The van der Waals surface area contributed by atoms with Crippen LogP contribution >= 0.6 is 0 Å². The maximum atomic E-state index is 5.69. The molecule has 0 bridgehead atoms. The summed E-state index contributed by atoms with van der Waals surface area (Å²) < 4.78 is 5.69. The number of piperazine rings is 1. The van der Waals surface area contributed by atoms with Crippen molar-refractivity contribution in [3.05, 3.63) is 0 Å². The lowest BCUT2D eigenvalue weighted by atomic mass is 9.94. The fourth-order valence-corrected chi connectivity index (χ4v) is 3.60. The Labute approximate surface area is 112 Å². The molecule has 5 atom stereocenters. The number of hydrogen-bond donors (Lipinski definition) is 1. The van der Waals surface area contributed by atoms with Gasteiger partial charge in [-0.2, -0.15) is 0 Å². The molecule has 5 unspecified atom stereocenters. The third-order valence-corrected chi connectivity index (χ3v) is 5.13. The number of ether oxygens (including phenoxy) is 1. The van der Waals surface area contributed by atoms with Crippen LogP contribution in [-0.4, -0.2) is 49.3 Å². The molecule has 0 amide bonds. The second-order valence-electron chi connectivity index (χ2n) is 6.22. The smallest absolute Gasteiger partial charge is 0.0726 e. The molecule has 2 rings (SSSR count). The van der Waals surface area contributed by atoms with Gasteiger partial charge in [-0.25, -0.2) is 0 Å². The molecule has 3 heteroatoms. The molecular formula is C15H30N2O. The molecule has 3 nitrogen and oxygen atoms in total. The lowest BCUT2D eigenvalue weighted by Crippen LogP contribution is -2.61. The van der Waals surface area contributed by atoms with E-state index in [2.05, 4.69) is 31.0 Å². The molecule has 1 saturated heterocycles. The number of methoxy groups -OCH3 is 1. The quantitative estimate of drug-likeness (QED) is 0.833. The normalized spacial score (nSPS) is 40.0.